The minimum Gasteiger partial charge on any atom is -0.493 e. The largest absolute Gasteiger partial charge is 0.493 e. The number of hydrogen-bond donors (Lipinski definition) is 0. The van der Waals surface area contributed by atoms with E-state index in [1.165, 1.54) is 5.56 Å². The summed E-state index contributed by atoms with van der Waals surface area (Å²) in [5.74, 6) is 1.31. The van der Waals surface area contributed by atoms with E-state index in [2.05, 4.69) is 12.1 Å². The number of methoxy groups -OCH3 is 2. The first-order valence-electron chi connectivity index (χ1n) is 9.73. The fraction of sp³-hybridized carbons (Fsp3) is 0.391. The van der Waals surface area contributed by atoms with E-state index in [1.807, 2.05) is 11.0 Å². The minimum absolute atomic E-state index is 0.0617. The first-order valence-corrected chi connectivity index (χ1v) is 9.73. The van der Waals surface area contributed by atoms with Crippen molar-refractivity contribution in [3.63, 3.8) is 0 Å². The first kappa shape index (κ1) is 19.3. The fourth-order valence-electron chi connectivity index (χ4n) is 4.50. The highest BCUT2D eigenvalue weighted by Crippen LogP contribution is 2.45. The Bertz CT molecular complexity index is 973. The number of ether oxygens (including phenoxy) is 3. The van der Waals surface area contributed by atoms with E-state index in [1.54, 1.807) is 38.5 Å². The van der Waals surface area contributed by atoms with E-state index in [0.717, 1.165) is 18.4 Å². The van der Waals surface area contributed by atoms with Gasteiger partial charge in [0.05, 0.1) is 25.9 Å². The average Bonchev–Trinajstić information content (AvgIpc) is 2.78. The van der Waals surface area contributed by atoms with Crippen LogP contribution in [0.25, 0.3) is 0 Å². The lowest BCUT2D eigenvalue weighted by atomic mass is 9.69. The van der Waals surface area contributed by atoms with Crippen LogP contribution in [0.3, 0.4) is 0 Å². The molecule has 2 heterocycles. The zero-order chi connectivity index (χ0) is 20.4. The smallest absolute Gasteiger partial charge is 0.254 e. The Morgan fingerprint density at radius 1 is 1.14 bits per heavy atom. The van der Waals surface area contributed by atoms with Gasteiger partial charge in [0.2, 0.25) is 0 Å². The summed E-state index contributed by atoms with van der Waals surface area (Å²) in [4.78, 5) is 15.2. The van der Waals surface area contributed by atoms with E-state index < -0.39 is 0 Å². The molecule has 150 valence electrons. The molecule has 2 aliphatic rings. The van der Waals surface area contributed by atoms with Crippen molar-refractivity contribution in [2.24, 2.45) is 0 Å². The van der Waals surface area contributed by atoms with Crippen LogP contribution < -0.4 is 9.47 Å². The molecule has 1 saturated heterocycles. The van der Waals surface area contributed by atoms with Crippen LogP contribution in [0.5, 0.6) is 11.5 Å². The van der Waals surface area contributed by atoms with Gasteiger partial charge < -0.3 is 19.1 Å². The van der Waals surface area contributed by atoms with E-state index in [-0.39, 0.29) is 11.3 Å². The maximum absolute atomic E-state index is 13.3. The molecule has 0 radical (unpaired) electrons. The minimum atomic E-state index is -0.173. The molecule has 0 saturated carbocycles. The Kier molecular flexibility index (Phi) is 5.16. The van der Waals surface area contributed by atoms with Crippen molar-refractivity contribution in [2.45, 2.75) is 24.8 Å². The van der Waals surface area contributed by atoms with Gasteiger partial charge in [0, 0.05) is 37.3 Å². The van der Waals surface area contributed by atoms with Crippen molar-refractivity contribution in [3.8, 4) is 17.6 Å². The second kappa shape index (κ2) is 7.76. The molecule has 2 aromatic rings. The number of carbonyl (C=O) groups is 1. The Hall–Kier alpha value is -3.04. The number of hydrogen-bond acceptors (Lipinski definition) is 5. The molecule has 29 heavy (non-hydrogen) atoms. The van der Waals surface area contributed by atoms with Crippen LogP contribution in [0.15, 0.2) is 36.4 Å². The van der Waals surface area contributed by atoms with Gasteiger partial charge in [0.1, 0.15) is 0 Å². The van der Waals surface area contributed by atoms with Crippen molar-refractivity contribution < 1.29 is 19.0 Å². The number of rotatable bonds is 3. The normalized spacial score (nSPS) is 17.3. The number of fused-ring (bicyclic) bond motifs is 2. The second-order valence-electron chi connectivity index (χ2n) is 7.61. The lowest BCUT2D eigenvalue weighted by molar-refractivity contribution is 0.0236. The molecule has 0 bridgehead atoms. The highest BCUT2D eigenvalue weighted by molar-refractivity contribution is 5.94. The summed E-state index contributed by atoms with van der Waals surface area (Å²) in [5.41, 5.74) is 3.14. The summed E-state index contributed by atoms with van der Waals surface area (Å²) in [5, 5.41) is 9.18. The molecule has 2 aliphatic heterocycles. The molecule has 0 aliphatic carbocycles. The molecule has 6 heteroatoms. The number of nitrogens with zero attached hydrogens (tertiary/aromatic N) is 2. The zero-order valence-electron chi connectivity index (χ0n) is 16.7. The number of nitriles is 1. The summed E-state index contributed by atoms with van der Waals surface area (Å²) in [6.45, 7) is 2.45. The summed E-state index contributed by atoms with van der Waals surface area (Å²) in [6, 6.07) is 13.0. The Labute approximate surface area is 170 Å². The third-order valence-corrected chi connectivity index (χ3v) is 6.01. The molecule has 1 spiro atoms. The van der Waals surface area contributed by atoms with Crippen molar-refractivity contribution in [1.29, 1.82) is 5.26 Å². The molecular formula is C23H24N2O4. The van der Waals surface area contributed by atoms with Gasteiger partial charge in [-0.25, -0.2) is 0 Å². The zero-order valence-corrected chi connectivity index (χ0v) is 16.7. The quantitative estimate of drug-likeness (QED) is 0.802. The standard InChI is InChI=1S/C23H24N2O4/c1-27-20-11-18-14-25(22(26)17-5-3-4-16(10-17)13-24)15-23(6-8-29-9-7-23)19(18)12-21(20)28-2/h3-5,10-12H,6-9,14-15H2,1-2H3. The highest BCUT2D eigenvalue weighted by atomic mass is 16.5. The molecule has 4 rings (SSSR count). The third-order valence-electron chi connectivity index (χ3n) is 6.01. The molecule has 6 nitrogen and oxygen atoms in total. The van der Waals surface area contributed by atoms with Gasteiger partial charge in [-0.05, 0) is 54.3 Å². The number of carbonyl (C=O) groups excluding carboxylic acids is 1. The van der Waals surface area contributed by atoms with Crippen molar-refractivity contribution in [3.05, 3.63) is 58.7 Å². The molecule has 2 aromatic carbocycles. The van der Waals surface area contributed by atoms with Crippen molar-refractivity contribution in [2.75, 3.05) is 34.0 Å². The first-order chi connectivity index (χ1) is 14.1. The van der Waals surface area contributed by atoms with Crippen LogP contribution in [0.2, 0.25) is 0 Å². The molecule has 0 atom stereocenters. The summed E-state index contributed by atoms with van der Waals surface area (Å²) < 4.78 is 16.7. The van der Waals surface area contributed by atoms with Crippen LogP contribution in [0.1, 0.15) is 39.9 Å². The van der Waals surface area contributed by atoms with Crippen LogP contribution in [0.4, 0.5) is 0 Å². The Balaban J connectivity index is 1.76. The van der Waals surface area contributed by atoms with Crippen LogP contribution in [-0.4, -0.2) is 44.8 Å². The lowest BCUT2D eigenvalue weighted by Gasteiger charge is -2.46. The Morgan fingerprint density at radius 3 is 2.55 bits per heavy atom. The maximum Gasteiger partial charge on any atom is 0.254 e. The molecular weight excluding hydrogens is 368 g/mol. The van der Waals surface area contributed by atoms with Crippen LogP contribution in [0, 0.1) is 11.3 Å². The van der Waals surface area contributed by atoms with Gasteiger partial charge in [-0.1, -0.05) is 6.07 Å². The van der Waals surface area contributed by atoms with Gasteiger partial charge in [0.15, 0.2) is 11.5 Å². The van der Waals surface area contributed by atoms with Crippen LogP contribution >= 0.6 is 0 Å². The van der Waals surface area contributed by atoms with Crippen molar-refractivity contribution in [1.82, 2.24) is 4.90 Å². The predicted octanol–water partition coefficient (Wildman–Crippen LogP) is 3.28. The van der Waals surface area contributed by atoms with Gasteiger partial charge in [-0.15, -0.1) is 0 Å². The topological polar surface area (TPSA) is 71.8 Å². The maximum atomic E-state index is 13.3. The molecule has 0 aromatic heterocycles. The van der Waals surface area contributed by atoms with E-state index in [4.69, 9.17) is 14.2 Å². The average molecular weight is 392 g/mol. The third kappa shape index (κ3) is 3.43. The summed E-state index contributed by atoms with van der Waals surface area (Å²) >= 11 is 0. The number of benzene rings is 2. The van der Waals surface area contributed by atoms with Gasteiger partial charge in [0.25, 0.3) is 5.91 Å². The van der Waals surface area contributed by atoms with E-state index >= 15 is 0 Å². The van der Waals surface area contributed by atoms with Crippen LogP contribution in [-0.2, 0) is 16.7 Å². The Morgan fingerprint density at radius 2 is 1.86 bits per heavy atom. The molecule has 0 unspecified atom stereocenters. The van der Waals surface area contributed by atoms with Gasteiger partial charge in [-0.3, -0.25) is 4.79 Å². The predicted molar refractivity (Wildman–Crippen MR) is 107 cm³/mol. The van der Waals surface area contributed by atoms with E-state index in [9.17, 15) is 10.1 Å². The van der Waals surface area contributed by atoms with Gasteiger partial charge in [-0.2, -0.15) is 5.26 Å². The monoisotopic (exact) mass is 392 g/mol. The SMILES string of the molecule is COc1cc2c(cc1OC)C1(CCOCC1)CN(C(=O)c1cccc(C#N)c1)C2. The molecule has 1 amide bonds. The molecule has 1 fully saturated rings. The van der Waals surface area contributed by atoms with Crippen molar-refractivity contribution >= 4 is 5.91 Å². The highest BCUT2D eigenvalue weighted by Gasteiger charge is 2.43. The summed E-state index contributed by atoms with van der Waals surface area (Å²) in [6.07, 6.45) is 1.69. The van der Waals surface area contributed by atoms with E-state index in [0.29, 0.717) is 48.9 Å². The number of amides is 1. The lowest BCUT2D eigenvalue weighted by Crippen LogP contribution is -2.50. The fourth-order valence-corrected chi connectivity index (χ4v) is 4.50. The van der Waals surface area contributed by atoms with Gasteiger partial charge >= 0.3 is 0 Å². The summed E-state index contributed by atoms with van der Waals surface area (Å²) in [7, 11) is 3.26. The molecule has 0 N–H and O–H groups in total. The second-order valence-corrected chi connectivity index (χ2v) is 7.61.